The Morgan fingerprint density at radius 1 is 1.07 bits per heavy atom. The highest BCUT2D eigenvalue weighted by atomic mass is 32.1. The average molecular weight is 420 g/mol. The molecular weight excluding hydrogens is 398 g/mol. The summed E-state index contributed by atoms with van der Waals surface area (Å²) in [6.07, 6.45) is 0. The Hall–Kier alpha value is -3.45. The van der Waals surface area contributed by atoms with Gasteiger partial charge in [0.15, 0.2) is 6.61 Å². The monoisotopic (exact) mass is 419 g/mol. The van der Waals surface area contributed by atoms with Crippen molar-refractivity contribution < 1.29 is 14.3 Å². The topological polar surface area (TPSA) is 73.2 Å². The Bertz CT molecular complexity index is 1190. The first-order valence-corrected chi connectivity index (χ1v) is 10.4. The van der Waals surface area contributed by atoms with E-state index in [9.17, 15) is 9.59 Å². The van der Waals surface area contributed by atoms with Crippen molar-refractivity contribution >= 4 is 33.4 Å². The van der Waals surface area contributed by atoms with E-state index in [2.05, 4.69) is 10.4 Å². The van der Waals surface area contributed by atoms with Crippen LogP contribution in [-0.4, -0.2) is 28.3 Å². The second-order valence-corrected chi connectivity index (χ2v) is 8.03. The van der Waals surface area contributed by atoms with E-state index in [0.29, 0.717) is 11.4 Å². The number of hydrogen-bond acceptors (Lipinski definition) is 5. The first-order valence-electron chi connectivity index (χ1n) is 9.55. The number of fused-ring (bicyclic) bond motifs is 1. The lowest BCUT2D eigenvalue weighted by molar-refractivity contribution is -0.124. The first-order chi connectivity index (χ1) is 14.5. The molecule has 0 saturated carbocycles. The van der Waals surface area contributed by atoms with Crippen molar-refractivity contribution in [3.05, 3.63) is 82.4 Å². The summed E-state index contributed by atoms with van der Waals surface area (Å²) in [5, 5.41) is 8.23. The largest absolute Gasteiger partial charge is 0.451 e. The van der Waals surface area contributed by atoms with Crippen LogP contribution in [-0.2, 0) is 16.1 Å². The molecule has 2 aromatic carbocycles. The Labute approximate surface area is 178 Å². The standard InChI is InChI=1S/C23H21N3O3S/c1-15-8-10-17(11-9-15)13-24-21(27)14-29-23(28)20-12-19-16(2)25-26(22(19)30-20)18-6-4-3-5-7-18/h3-12H,13-14H2,1-2H3,(H,24,27). The van der Waals surface area contributed by atoms with E-state index in [0.717, 1.165) is 32.7 Å². The number of nitrogens with one attached hydrogen (secondary N) is 1. The maximum Gasteiger partial charge on any atom is 0.348 e. The fraction of sp³-hybridized carbons (Fsp3) is 0.174. The van der Waals surface area contributed by atoms with Gasteiger partial charge in [-0.05, 0) is 37.6 Å². The van der Waals surface area contributed by atoms with E-state index in [1.54, 1.807) is 6.07 Å². The molecule has 1 amide bonds. The number of thiophene rings is 1. The molecule has 1 N–H and O–H groups in total. The number of carbonyl (C=O) groups is 2. The minimum absolute atomic E-state index is 0.317. The number of hydrogen-bond donors (Lipinski definition) is 1. The normalized spacial score (nSPS) is 10.9. The summed E-state index contributed by atoms with van der Waals surface area (Å²) in [5.74, 6) is -0.850. The molecule has 2 aromatic heterocycles. The molecule has 0 aliphatic heterocycles. The molecular formula is C23H21N3O3S. The third-order valence-corrected chi connectivity index (χ3v) is 5.78. The van der Waals surface area contributed by atoms with E-state index in [1.165, 1.54) is 11.3 Å². The molecule has 4 aromatic rings. The van der Waals surface area contributed by atoms with Gasteiger partial charge in [0.2, 0.25) is 0 Å². The van der Waals surface area contributed by atoms with Crippen molar-refractivity contribution in [3.63, 3.8) is 0 Å². The van der Waals surface area contributed by atoms with Gasteiger partial charge in [-0.1, -0.05) is 48.0 Å². The van der Waals surface area contributed by atoms with Gasteiger partial charge in [-0.15, -0.1) is 11.3 Å². The van der Waals surface area contributed by atoms with Crippen molar-refractivity contribution in [2.24, 2.45) is 0 Å². The highest BCUT2D eigenvalue weighted by Gasteiger charge is 2.18. The first kappa shape index (κ1) is 19.8. The van der Waals surface area contributed by atoms with Gasteiger partial charge in [-0.25, -0.2) is 9.48 Å². The SMILES string of the molecule is Cc1ccc(CNC(=O)COC(=O)c2cc3c(C)nn(-c4ccccc4)c3s2)cc1. The van der Waals surface area contributed by atoms with Crippen molar-refractivity contribution in [1.82, 2.24) is 15.1 Å². The summed E-state index contributed by atoms with van der Waals surface area (Å²) in [6, 6.07) is 19.4. The number of aryl methyl sites for hydroxylation is 2. The average Bonchev–Trinajstić information content (AvgIpc) is 3.33. The Morgan fingerprint density at radius 2 is 1.80 bits per heavy atom. The number of carbonyl (C=O) groups excluding carboxylic acids is 2. The van der Waals surface area contributed by atoms with Gasteiger partial charge in [-0.2, -0.15) is 5.10 Å². The minimum Gasteiger partial charge on any atom is -0.451 e. The van der Waals surface area contributed by atoms with E-state index < -0.39 is 5.97 Å². The Balaban J connectivity index is 1.40. The number of nitrogens with zero attached hydrogens (tertiary/aromatic N) is 2. The van der Waals surface area contributed by atoms with Gasteiger partial charge in [0.1, 0.15) is 9.71 Å². The number of para-hydroxylation sites is 1. The maximum absolute atomic E-state index is 12.5. The summed E-state index contributed by atoms with van der Waals surface area (Å²) in [7, 11) is 0. The molecule has 0 unspecified atom stereocenters. The van der Waals surface area contributed by atoms with E-state index >= 15 is 0 Å². The molecule has 0 aliphatic rings. The van der Waals surface area contributed by atoms with Crippen LogP contribution in [0.5, 0.6) is 0 Å². The molecule has 0 atom stereocenters. The van der Waals surface area contributed by atoms with Crippen molar-refractivity contribution in [3.8, 4) is 5.69 Å². The van der Waals surface area contributed by atoms with Crippen LogP contribution in [0.2, 0.25) is 0 Å². The molecule has 2 heterocycles. The lowest BCUT2D eigenvalue weighted by Crippen LogP contribution is -2.28. The number of rotatable bonds is 6. The summed E-state index contributed by atoms with van der Waals surface area (Å²) < 4.78 is 7.03. The number of ether oxygens (including phenoxy) is 1. The lowest BCUT2D eigenvalue weighted by Gasteiger charge is -2.06. The van der Waals surface area contributed by atoms with Gasteiger partial charge in [0.05, 0.1) is 11.4 Å². The Morgan fingerprint density at radius 3 is 2.53 bits per heavy atom. The molecule has 4 rings (SSSR count). The van der Waals surface area contributed by atoms with Crippen molar-refractivity contribution in [2.75, 3.05) is 6.61 Å². The smallest absolute Gasteiger partial charge is 0.348 e. The zero-order valence-corrected chi connectivity index (χ0v) is 17.5. The van der Waals surface area contributed by atoms with Crippen LogP contribution in [0, 0.1) is 13.8 Å². The van der Waals surface area contributed by atoms with Gasteiger partial charge in [0.25, 0.3) is 5.91 Å². The number of aromatic nitrogens is 2. The van der Waals surface area contributed by atoms with Crippen LogP contribution < -0.4 is 5.32 Å². The molecule has 0 fully saturated rings. The van der Waals surface area contributed by atoms with E-state index in [1.807, 2.05) is 73.1 Å². The maximum atomic E-state index is 12.5. The summed E-state index contributed by atoms with van der Waals surface area (Å²) in [5.41, 5.74) is 3.91. The highest BCUT2D eigenvalue weighted by Crippen LogP contribution is 2.30. The summed E-state index contributed by atoms with van der Waals surface area (Å²) in [4.78, 5) is 25.8. The van der Waals surface area contributed by atoms with Gasteiger partial charge >= 0.3 is 5.97 Å². The Kier molecular flexibility index (Phi) is 5.63. The number of amides is 1. The fourth-order valence-corrected chi connectivity index (χ4v) is 4.13. The van der Waals surface area contributed by atoms with Gasteiger partial charge in [-0.3, -0.25) is 4.79 Å². The van der Waals surface area contributed by atoms with Crippen LogP contribution in [0.25, 0.3) is 15.9 Å². The molecule has 6 nitrogen and oxygen atoms in total. The predicted octanol–water partition coefficient (Wildman–Crippen LogP) is 4.18. The molecule has 0 bridgehead atoms. The summed E-state index contributed by atoms with van der Waals surface area (Å²) >= 11 is 1.31. The minimum atomic E-state index is -0.513. The zero-order chi connectivity index (χ0) is 21.1. The lowest BCUT2D eigenvalue weighted by atomic mass is 10.1. The van der Waals surface area contributed by atoms with Crippen LogP contribution in [0.4, 0.5) is 0 Å². The van der Waals surface area contributed by atoms with Gasteiger partial charge < -0.3 is 10.1 Å². The molecule has 30 heavy (non-hydrogen) atoms. The number of benzene rings is 2. The highest BCUT2D eigenvalue weighted by molar-refractivity contribution is 7.20. The second kappa shape index (κ2) is 8.51. The quantitative estimate of drug-likeness (QED) is 0.476. The third-order valence-electron chi connectivity index (χ3n) is 4.69. The van der Waals surface area contributed by atoms with Crippen LogP contribution >= 0.6 is 11.3 Å². The zero-order valence-electron chi connectivity index (χ0n) is 16.7. The molecule has 152 valence electrons. The number of esters is 1. The predicted molar refractivity (Wildman–Crippen MR) is 117 cm³/mol. The van der Waals surface area contributed by atoms with E-state index in [4.69, 9.17) is 4.74 Å². The molecule has 0 spiro atoms. The van der Waals surface area contributed by atoms with Gasteiger partial charge in [0, 0.05) is 11.9 Å². The molecule has 7 heteroatoms. The van der Waals surface area contributed by atoms with Crippen LogP contribution in [0.1, 0.15) is 26.5 Å². The summed E-state index contributed by atoms with van der Waals surface area (Å²) in [6.45, 7) is 3.99. The fourth-order valence-electron chi connectivity index (χ4n) is 3.05. The molecule has 0 radical (unpaired) electrons. The molecule has 0 saturated heterocycles. The second-order valence-electron chi connectivity index (χ2n) is 7.00. The van der Waals surface area contributed by atoms with Crippen LogP contribution in [0.15, 0.2) is 60.7 Å². The van der Waals surface area contributed by atoms with Crippen LogP contribution in [0.3, 0.4) is 0 Å². The van der Waals surface area contributed by atoms with Crippen molar-refractivity contribution in [2.45, 2.75) is 20.4 Å². The molecule has 0 aliphatic carbocycles. The third kappa shape index (κ3) is 4.26. The van der Waals surface area contributed by atoms with E-state index in [-0.39, 0.29) is 12.5 Å². The van der Waals surface area contributed by atoms with Crippen molar-refractivity contribution in [1.29, 1.82) is 0 Å².